The predicted octanol–water partition coefficient (Wildman–Crippen LogP) is 4.04. The van der Waals surface area contributed by atoms with Crippen LogP contribution in [0, 0.1) is 0 Å². The molecule has 0 spiro atoms. The van der Waals surface area contributed by atoms with Crippen molar-refractivity contribution < 1.29 is 19.0 Å². The molecule has 2 aromatic carbocycles. The third-order valence-corrected chi connectivity index (χ3v) is 3.50. The number of hydrogen-bond acceptors (Lipinski definition) is 4. The molecule has 1 amide bonds. The van der Waals surface area contributed by atoms with Crippen LogP contribution < -0.4 is 10.1 Å². The summed E-state index contributed by atoms with van der Waals surface area (Å²) in [5.41, 5.74) is 1.77. The maximum atomic E-state index is 11.9. The van der Waals surface area contributed by atoms with E-state index in [1.807, 2.05) is 68.4 Å². The Morgan fingerprint density at radius 2 is 1.81 bits per heavy atom. The Kier molecular flexibility index (Phi) is 8.66. The topological polar surface area (TPSA) is 56.8 Å². The van der Waals surface area contributed by atoms with Crippen LogP contribution in [-0.4, -0.2) is 31.8 Å². The van der Waals surface area contributed by atoms with E-state index in [1.54, 1.807) is 0 Å². The van der Waals surface area contributed by atoms with Gasteiger partial charge in [-0.3, -0.25) is 4.79 Å². The van der Waals surface area contributed by atoms with E-state index in [-0.39, 0.29) is 12.0 Å². The van der Waals surface area contributed by atoms with Gasteiger partial charge in [-0.15, -0.1) is 0 Å². The van der Waals surface area contributed by atoms with Gasteiger partial charge in [0.25, 0.3) is 0 Å². The minimum atomic E-state index is -0.0556. The molecule has 0 saturated heterocycles. The first-order valence-electron chi connectivity index (χ1n) is 8.89. The Labute approximate surface area is 155 Å². The highest BCUT2D eigenvalue weighted by Crippen LogP contribution is 2.12. The SMILES string of the molecule is CC(C)OCCC(=O)Nc1cccc(COCCOc2ccccc2)c1. The van der Waals surface area contributed by atoms with Gasteiger partial charge >= 0.3 is 0 Å². The van der Waals surface area contributed by atoms with E-state index >= 15 is 0 Å². The molecular weight excluding hydrogens is 330 g/mol. The van der Waals surface area contributed by atoms with Crippen LogP contribution in [0.4, 0.5) is 5.69 Å². The molecule has 0 heterocycles. The molecule has 5 nitrogen and oxygen atoms in total. The highest BCUT2D eigenvalue weighted by molar-refractivity contribution is 5.90. The summed E-state index contributed by atoms with van der Waals surface area (Å²) in [4.78, 5) is 11.9. The van der Waals surface area contributed by atoms with Crippen LogP contribution in [0.5, 0.6) is 5.75 Å². The fourth-order valence-electron chi connectivity index (χ4n) is 2.27. The van der Waals surface area contributed by atoms with Gasteiger partial charge in [0.05, 0.1) is 32.3 Å². The van der Waals surface area contributed by atoms with Crippen LogP contribution in [0.15, 0.2) is 54.6 Å². The molecule has 0 saturated carbocycles. The lowest BCUT2D eigenvalue weighted by atomic mass is 10.2. The van der Waals surface area contributed by atoms with Crippen molar-refractivity contribution in [2.45, 2.75) is 33.0 Å². The van der Waals surface area contributed by atoms with Gasteiger partial charge in [-0.05, 0) is 43.7 Å². The summed E-state index contributed by atoms with van der Waals surface area (Å²) in [7, 11) is 0. The second-order valence-electron chi connectivity index (χ2n) is 6.13. The van der Waals surface area contributed by atoms with E-state index in [1.165, 1.54) is 0 Å². The second-order valence-corrected chi connectivity index (χ2v) is 6.13. The minimum Gasteiger partial charge on any atom is -0.491 e. The third kappa shape index (κ3) is 8.14. The third-order valence-electron chi connectivity index (χ3n) is 3.50. The van der Waals surface area contributed by atoms with Gasteiger partial charge < -0.3 is 19.5 Å². The maximum Gasteiger partial charge on any atom is 0.226 e. The summed E-state index contributed by atoms with van der Waals surface area (Å²) >= 11 is 0. The molecule has 26 heavy (non-hydrogen) atoms. The molecule has 140 valence electrons. The van der Waals surface area contributed by atoms with Crippen LogP contribution >= 0.6 is 0 Å². The fourth-order valence-corrected chi connectivity index (χ4v) is 2.27. The number of anilines is 1. The van der Waals surface area contributed by atoms with E-state index in [9.17, 15) is 4.79 Å². The monoisotopic (exact) mass is 357 g/mol. The molecule has 0 aromatic heterocycles. The van der Waals surface area contributed by atoms with Crippen LogP contribution in [-0.2, 0) is 20.9 Å². The molecule has 2 rings (SSSR count). The van der Waals surface area contributed by atoms with Gasteiger partial charge in [-0.1, -0.05) is 30.3 Å². The fraction of sp³-hybridized carbons (Fsp3) is 0.381. The molecule has 0 radical (unpaired) electrons. The average molecular weight is 357 g/mol. The van der Waals surface area contributed by atoms with Crippen LogP contribution in [0.2, 0.25) is 0 Å². The lowest BCUT2D eigenvalue weighted by molar-refractivity contribution is -0.117. The Hall–Kier alpha value is -2.37. The average Bonchev–Trinajstić information content (AvgIpc) is 2.62. The van der Waals surface area contributed by atoms with E-state index in [0.29, 0.717) is 32.8 Å². The lowest BCUT2D eigenvalue weighted by Crippen LogP contribution is -2.16. The Balaban J connectivity index is 1.67. The van der Waals surface area contributed by atoms with Crippen molar-refractivity contribution in [2.75, 3.05) is 25.1 Å². The standard InChI is InChI=1S/C21H27NO4/c1-17(2)25-12-11-21(23)22-19-8-6-7-18(15-19)16-24-13-14-26-20-9-4-3-5-10-20/h3-10,15,17H,11-14,16H2,1-2H3,(H,22,23). The van der Waals surface area contributed by atoms with Crippen LogP contribution in [0.3, 0.4) is 0 Å². The van der Waals surface area contributed by atoms with Crippen molar-refractivity contribution in [1.82, 2.24) is 0 Å². The van der Waals surface area contributed by atoms with Gasteiger partial charge in [0.1, 0.15) is 12.4 Å². The predicted molar refractivity (Wildman–Crippen MR) is 102 cm³/mol. The van der Waals surface area contributed by atoms with E-state index in [2.05, 4.69) is 5.32 Å². The highest BCUT2D eigenvalue weighted by atomic mass is 16.5. The summed E-state index contributed by atoms with van der Waals surface area (Å²) in [5.74, 6) is 0.780. The summed E-state index contributed by atoms with van der Waals surface area (Å²) in [5, 5.41) is 2.88. The smallest absolute Gasteiger partial charge is 0.226 e. The normalized spacial score (nSPS) is 10.7. The number of hydrogen-bond donors (Lipinski definition) is 1. The molecule has 0 unspecified atom stereocenters. The Morgan fingerprint density at radius 1 is 1.00 bits per heavy atom. The molecule has 2 aromatic rings. The first-order chi connectivity index (χ1) is 12.6. The summed E-state index contributed by atoms with van der Waals surface area (Å²) < 4.78 is 16.6. The van der Waals surface area contributed by atoms with Gasteiger partial charge in [-0.25, -0.2) is 0 Å². The largest absolute Gasteiger partial charge is 0.491 e. The zero-order chi connectivity index (χ0) is 18.6. The number of benzene rings is 2. The van der Waals surface area contributed by atoms with Crippen LogP contribution in [0.25, 0.3) is 0 Å². The number of rotatable bonds is 11. The lowest BCUT2D eigenvalue weighted by Gasteiger charge is -2.10. The zero-order valence-corrected chi connectivity index (χ0v) is 15.4. The van der Waals surface area contributed by atoms with E-state index in [4.69, 9.17) is 14.2 Å². The Bertz CT molecular complexity index is 658. The Morgan fingerprint density at radius 3 is 2.58 bits per heavy atom. The maximum absolute atomic E-state index is 11.9. The summed E-state index contributed by atoms with van der Waals surface area (Å²) in [6.45, 7) is 5.79. The van der Waals surface area contributed by atoms with Crippen molar-refractivity contribution in [3.8, 4) is 5.75 Å². The van der Waals surface area contributed by atoms with Crippen molar-refractivity contribution in [2.24, 2.45) is 0 Å². The number of amides is 1. The second kappa shape index (κ2) is 11.3. The van der Waals surface area contributed by atoms with Gasteiger partial charge in [-0.2, -0.15) is 0 Å². The van der Waals surface area contributed by atoms with Crippen molar-refractivity contribution >= 4 is 11.6 Å². The first-order valence-corrected chi connectivity index (χ1v) is 8.89. The zero-order valence-electron chi connectivity index (χ0n) is 15.4. The molecule has 5 heteroatoms. The minimum absolute atomic E-state index is 0.0556. The summed E-state index contributed by atoms with van der Waals surface area (Å²) in [6.07, 6.45) is 0.476. The first kappa shape index (κ1) is 19.9. The molecular formula is C21H27NO4. The van der Waals surface area contributed by atoms with Gasteiger partial charge in [0, 0.05) is 5.69 Å². The van der Waals surface area contributed by atoms with Gasteiger partial charge in [0.2, 0.25) is 5.91 Å². The quantitative estimate of drug-likeness (QED) is 0.617. The molecule has 0 aliphatic carbocycles. The van der Waals surface area contributed by atoms with Crippen molar-refractivity contribution in [1.29, 1.82) is 0 Å². The molecule has 0 aliphatic rings. The molecule has 0 aliphatic heterocycles. The number of carbonyl (C=O) groups excluding carboxylic acids is 1. The molecule has 0 fully saturated rings. The number of carbonyl (C=O) groups is 1. The number of ether oxygens (including phenoxy) is 3. The van der Waals surface area contributed by atoms with Crippen molar-refractivity contribution in [3.05, 3.63) is 60.2 Å². The molecule has 0 atom stereocenters. The van der Waals surface area contributed by atoms with E-state index < -0.39 is 0 Å². The van der Waals surface area contributed by atoms with E-state index in [0.717, 1.165) is 17.0 Å². The van der Waals surface area contributed by atoms with Crippen LogP contribution in [0.1, 0.15) is 25.8 Å². The number of nitrogens with one attached hydrogen (secondary N) is 1. The van der Waals surface area contributed by atoms with Crippen molar-refractivity contribution in [3.63, 3.8) is 0 Å². The van der Waals surface area contributed by atoms with Gasteiger partial charge in [0.15, 0.2) is 0 Å². The number of para-hydroxylation sites is 1. The highest BCUT2D eigenvalue weighted by Gasteiger charge is 2.04. The molecule has 0 bridgehead atoms. The molecule has 1 N–H and O–H groups in total. The summed E-state index contributed by atoms with van der Waals surface area (Å²) in [6, 6.07) is 17.3.